The molecule has 0 aliphatic heterocycles. The molecule has 1 saturated carbocycles. The summed E-state index contributed by atoms with van der Waals surface area (Å²) in [5.41, 5.74) is 0. The van der Waals surface area contributed by atoms with Crippen LogP contribution in [0.2, 0.25) is 0 Å². The van der Waals surface area contributed by atoms with Crippen LogP contribution in [0.15, 0.2) is 0 Å². The van der Waals surface area contributed by atoms with Gasteiger partial charge in [0.1, 0.15) is 0 Å². The van der Waals surface area contributed by atoms with Crippen molar-refractivity contribution in [3.8, 4) is 0 Å². The molecule has 1 N–H and O–H groups in total. The average molecular weight is 254 g/mol. The Morgan fingerprint density at radius 1 is 1.17 bits per heavy atom. The zero-order valence-corrected chi connectivity index (χ0v) is 13.2. The molecule has 2 atom stereocenters. The minimum atomic E-state index is 0.647. The van der Waals surface area contributed by atoms with Crippen molar-refractivity contribution in [1.82, 2.24) is 10.2 Å². The molecule has 0 aromatic rings. The highest BCUT2D eigenvalue weighted by molar-refractivity contribution is 4.85. The van der Waals surface area contributed by atoms with E-state index in [0.717, 1.165) is 18.5 Å². The third-order valence-electron chi connectivity index (χ3n) is 4.88. The van der Waals surface area contributed by atoms with Gasteiger partial charge < -0.3 is 5.32 Å². The molecule has 0 radical (unpaired) electrons. The maximum absolute atomic E-state index is 3.71. The molecule has 2 heteroatoms. The zero-order valence-electron chi connectivity index (χ0n) is 13.2. The monoisotopic (exact) mass is 254 g/mol. The fraction of sp³-hybridized carbons (Fsp3) is 1.00. The molecular weight excluding hydrogens is 220 g/mol. The highest BCUT2D eigenvalue weighted by Crippen LogP contribution is 2.28. The van der Waals surface area contributed by atoms with E-state index in [4.69, 9.17) is 0 Å². The van der Waals surface area contributed by atoms with E-state index in [2.05, 4.69) is 45.0 Å². The number of rotatable bonds is 7. The van der Waals surface area contributed by atoms with Crippen LogP contribution in [-0.2, 0) is 0 Å². The Morgan fingerprint density at radius 3 is 2.28 bits per heavy atom. The molecule has 0 heterocycles. The van der Waals surface area contributed by atoms with E-state index in [1.807, 2.05) is 0 Å². The lowest BCUT2D eigenvalue weighted by Gasteiger charge is -2.40. The predicted octanol–water partition coefficient (Wildman–Crippen LogP) is 3.66. The Bertz CT molecular complexity index is 200. The smallest absolute Gasteiger partial charge is 0.0220 e. The van der Waals surface area contributed by atoms with Crippen LogP contribution in [0.3, 0.4) is 0 Å². The van der Waals surface area contributed by atoms with Gasteiger partial charge in [-0.3, -0.25) is 4.90 Å². The molecule has 1 fully saturated rings. The summed E-state index contributed by atoms with van der Waals surface area (Å²) < 4.78 is 0. The van der Waals surface area contributed by atoms with E-state index in [9.17, 15) is 0 Å². The largest absolute Gasteiger partial charge is 0.312 e. The van der Waals surface area contributed by atoms with Gasteiger partial charge in [0, 0.05) is 18.1 Å². The fourth-order valence-corrected chi connectivity index (χ4v) is 3.25. The van der Waals surface area contributed by atoms with Crippen LogP contribution in [0.1, 0.15) is 66.2 Å². The summed E-state index contributed by atoms with van der Waals surface area (Å²) in [6.07, 6.45) is 8.09. The van der Waals surface area contributed by atoms with Gasteiger partial charge in [-0.2, -0.15) is 0 Å². The van der Waals surface area contributed by atoms with Gasteiger partial charge in [0.05, 0.1) is 0 Å². The zero-order chi connectivity index (χ0) is 13.5. The van der Waals surface area contributed by atoms with Gasteiger partial charge in [-0.05, 0) is 65.0 Å². The topological polar surface area (TPSA) is 15.3 Å². The third kappa shape index (κ3) is 4.55. The molecule has 2 unspecified atom stereocenters. The Hall–Kier alpha value is -0.0800. The second kappa shape index (κ2) is 8.16. The van der Waals surface area contributed by atoms with Gasteiger partial charge in [-0.15, -0.1) is 0 Å². The maximum atomic E-state index is 3.71. The van der Waals surface area contributed by atoms with Gasteiger partial charge in [-0.1, -0.05) is 20.8 Å². The Labute approximate surface area is 115 Å². The van der Waals surface area contributed by atoms with Gasteiger partial charge in [0.25, 0.3) is 0 Å². The molecule has 0 amide bonds. The van der Waals surface area contributed by atoms with Crippen molar-refractivity contribution in [2.24, 2.45) is 5.92 Å². The van der Waals surface area contributed by atoms with Crippen LogP contribution < -0.4 is 5.32 Å². The lowest BCUT2D eigenvalue weighted by atomic mass is 9.86. The summed E-state index contributed by atoms with van der Waals surface area (Å²) in [7, 11) is 2.33. The molecule has 1 aliphatic carbocycles. The standard InChI is InChI=1S/C16H34N2/c1-6-12-17-16(7-2)14(4)18(5)15-10-8-13(3)9-11-15/h13-17H,6-12H2,1-5H3. The number of hydrogen-bond acceptors (Lipinski definition) is 2. The third-order valence-corrected chi connectivity index (χ3v) is 4.88. The van der Waals surface area contributed by atoms with E-state index in [1.54, 1.807) is 0 Å². The SMILES string of the molecule is CCCNC(CC)C(C)N(C)C1CCC(C)CC1. The second-order valence-electron chi connectivity index (χ2n) is 6.29. The number of hydrogen-bond donors (Lipinski definition) is 1. The lowest BCUT2D eigenvalue weighted by molar-refractivity contribution is 0.107. The van der Waals surface area contributed by atoms with Crippen molar-refractivity contribution in [3.05, 3.63) is 0 Å². The minimum absolute atomic E-state index is 0.647. The Kier molecular flexibility index (Phi) is 7.25. The van der Waals surface area contributed by atoms with Crippen LogP contribution in [0.25, 0.3) is 0 Å². The summed E-state index contributed by atoms with van der Waals surface area (Å²) in [6, 6.07) is 2.11. The highest BCUT2D eigenvalue weighted by Gasteiger charge is 2.27. The van der Waals surface area contributed by atoms with Crippen molar-refractivity contribution in [1.29, 1.82) is 0 Å². The van der Waals surface area contributed by atoms with Crippen LogP contribution in [0, 0.1) is 5.92 Å². The average Bonchev–Trinajstić information content (AvgIpc) is 2.39. The van der Waals surface area contributed by atoms with Crippen molar-refractivity contribution in [2.45, 2.75) is 84.3 Å². The number of nitrogens with one attached hydrogen (secondary N) is 1. The summed E-state index contributed by atoms with van der Waals surface area (Å²) >= 11 is 0. The molecule has 1 rings (SSSR count). The first-order valence-corrected chi connectivity index (χ1v) is 8.05. The van der Waals surface area contributed by atoms with E-state index >= 15 is 0 Å². The first-order chi connectivity index (χ1) is 8.60. The Balaban J connectivity index is 2.45. The molecule has 2 nitrogen and oxygen atoms in total. The summed E-state index contributed by atoms with van der Waals surface area (Å²) in [4.78, 5) is 2.64. The van der Waals surface area contributed by atoms with Crippen LogP contribution in [-0.4, -0.2) is 36.6 Å². The molecule has 0 spiro atoms. The predicted molar refractivity (Wildman–Crippen MR) is 81.0 cm³/mol. The molecule has 0 saturated heterocycles. The summed E-state index contributed by atoms with van der Waals surface area (Å²) in [5, 5.41) is 3.71. The van der Waals surface area contributed by atoms with E-state index in [0.29, 0.717) is 12.1 Å². The maximum Gasteiger partial charge on any atom is 0.0220 e. The van der Waals surface area contributed by atoms with E-state index in [-0.39, 0.29) is 0 Å². The summed E-state index contributed by atoms with van der Waals surface area (Å²) in [6.45, 7) is 10.5. The number of likely N-dealkylation sites (N-methyl/N-ethyl adjacent to an activating group) is 1. The molecule has 18 heavy (non-hydrogen) atoms. The molecule has 0 bridgehead atoms. The molecule has 0 aromatic carbocycles. The van der Waals surface area contributed by atoms with Crippen molar-refractivity contribution in [2.75, 3.05) is 13.6 Å². The molecule has 1 aliphatic rings. The highest BCUT2D eigenvalue weighted by atomic mass is 15.2. The summed E-state index contributed by atoms with van der Waals surface area (Å²) in [5.74, 6) is 0.949. The van der Waals surface area contributed by atoms with E-state index < -0.39 is 0 Å². The van der Waals surface area contributed by atoms with Gasteiger partial charge >= 0.3 is 0 Å². The van der Waals surface area contributed by atoms with Crippen molar-refractivity contribution >= 4 is 0 Å². The van der Waals surface area contributed by atoms with E-state index in [1.165, 1.54) is 38.5 Å². The number of nitrogens with zero attached hydrogens (tertiary/aromatic N) is 1. The van der Waals surface area contributed by atoms with Gasteiger partial charge in [-0.25, -0.2) is 0 Å². The molecule has 0 aromatic heterocycles. The van der Waals surface area contributed by atoms with Crippen LogP contribution in [0.4, 0.5) is 0 Å². The van der Waals surface area contributed by atoms with Crippen LogP contribution in [0.5, 0.6) is 0 Å². The normalized spacial score (nSPS) is 28.3. The lowest BCUT2D eigenvalue weighted by Crippen LogP contribution is -2.51. The van der Waals surface area contributed by atoms with Gasteiger partial charge in [0.2, 0.25) is 0 Å². The van der Waals surface area contributed by atoms with Crippen LogP contribution >= 0.6 is 0 Å². The fourth-order valence-electron chi connectivity index (χ4n) is 3.25. The Morgan fingerprint density at radius 2 is 1.78 bits per heavy atom. The first kappa shape index (κ1) is 16.0. The molecule has 108 valence electrons. The minimum Gasteiger partial charge on any atom is -0.312 e. The van der Waals surface area contributed by atoms with Gasteiger partial charge in [0.15, 0.2) is 0 Å². The van der Waals surface area contributed by atoms with Crippen molar-refractivity contribution < 1.29 is 0 Å². The van der Waals surface area contributed by atoms with Crippen molar-refractivity contribution in [3.63, 3.8) is 0 Å². The quantitative estimate of drug-likeness (QED) is 0.746. The second-order valence-corrected chi connectivity index (χ2v) is 6.29. The first-order valence-electron chi connectivity index (χ1n) is 8.05. The molecular formula is C16H34N2.